The molecule has 0 fully saturated rings. The van der Waals surface area contributed by atoms with Gasteiger partial charge in [-0.05, 0) is 38.5 Å². The van der Waals surface area contributed by atoms with Crippen molar-refractivity contribution in [2.24, 2.45) is 0 Å². The Morgan fingerprint density at radius 2 is 1.08 bits per heavy atom. The van der Waals surface area contributed by atoms with Gasteiger partial charge in [-0.2, -0.15) is 0 Å². The highest BCUT2D eigenvalue weighted by Gasteiger charge is 2.27. The molecule has 0 bridgehead atoms. The molecule has 0 rings (SSSR count). The van der Waals surface area contributed by atoms with Crippen molar-refractivity contribution >= 4 is 13.7 Å². The number of quaternary nitrogens is 1. The summed E-state index contributed by atoms with van der Waals surface area (Å²) in [7, 11) is 1.57. The summed E-state index contributed by atoms with van der Waals surface area (Å²) in [5.41, 5.74) is 0. The maximum Gasteiger partial charge on any atom is 0.472 e. The second-order valence-electron chi connectivity index (χ2n) is 15.7. The van der Waals surface area contributed by atoms with E-state index in [1.165, 1.54) is 128 Å². The molecule has 8 nitrogen and oxygen atoms in total. The van der Waals surface area contributed by atoms with Crippen molar-refractivity contribution in [2.75, 3.05) is 40.9 Å². The molecule has 9 heteroatoms. The normalized spacial score (nSPS) is 14.7. The Hall–Kier alpha value is -1.02. The molecular weight excluding hydrogens is 659 g/mol. The largest absolute Gasteiger partial charge is 0.472 e. The lowest BCUT2D eigenvalue weighted by atomic mass is 10.0. The van der Waals surface area contributed by atoms with Crippen molar-refractivity contribution < 1.29 is 32.9 Å². The van der Waals surface area contributed by atoms with E-state index in [9.17, 15) is 19.4 Å². The van der Waals surface area contributed by atoms with E-state index in [1.807, 2.05) is 27.2 Å². The minimum Gasteiger partial charge on any atom is -0.387 e. The van der Waals surface area contributed by atoms with Crippen LogP contribution in [0.3, 0.4) is 0 Å². The molecule has 0 heterocycles. The first kappa shape index (κ1) is 50.0. The number of aliphatic hydroxyl groups excluding tert-OH is 1. The standard InChI is InChI=1S/C42H83N2O6P/c1-6-8-10-12-13-14-15-16-17-18-19-20-21-22-23-24-25-26-27-28-29-30-31-32-34-36-42(46)43-40(41(45)35-33-11-9-7-2)39-50-51(47,48)49-38-37-44(3,4)5/h18-19,33,35,40-41,45H,6-17,20-32,34,36-39H2,1-5H3,(H-,43,46,47,48)/p+1/b19-18-,35-33+. The van der Waals surface area contributed by atoms with Crippen molar-refractivity contribution in [3.05, 3.63) is 24.3 Å². The predicted octanol–water partition coefficient (Wildman–Crippen LogP) is 11.4. The number of likely N-dealkylation sites (N-methyl/N-ethyl adjacent to an activating group) is 1. The zero-order valence-corrected chi connectivity index (χ0v) is 35.0. The van der Waals surface area contributed by atoms with Crippen molar-refractivity contribution in [2.45, 2.75) is 199 Å². The topological polar surface area (TPSA) is 105 Å². The maximum absolute atomic E-state index is 12.7. The molecular formula is C42H84N2O6P+. The zero-order valence-electron chi connectivity index (χ0n) is 34.1. The van der Waals surface area contributed by atoms with Gasteiger partial charge in [0.15, 0.2) is 0 Å². The molecule has 0 aliphatic heterocycles. The van der Waals surface area contributed by atoms with Crippen molar-refractivity contribution in [3.8, 4) is 0 Å². The number of unbranched alkanes of at least 4 members (excludes halogenated alkanes) is 23. The molecule has 0 aromatic rings. The van der Waals surface area contributed by atoms with Crippen molar-refractivity contribution in [3.63, 3.8) is 0 Å². The second-order valence-corrected chi connectivity index (χ2v) is 17.2. The van der Waals surface area contributed by atoms with Crippen LogP contribution in [0.5, 0.6) is 0 Å². The van der Waals surface area contributed by atoms with Gasteiger partial charge in [0.2, 0.25) is 5.91 Å². The van der Waals surface area contributed by atoms with E-state index in [1.54, 1.807) is 6.08 Å². The van der Waals surface area contributed by atoms with Crippen LogP contribution in [0.1, 0.15) is 187 Å². The number of amides is 1. The van der Waals surface area contributed by atoms with Crippen LogP contribution in [0.15, 0.2) is 24.3 Å². The highest BCUT2D eigenvalue weighted by atomic mass is 31.2. The van der Waals surface area contributed by atoms with E-state index in [-0.39, 0.29) is 19.1 Å². The van der Waals surface area contributed by atoms with E-state index in [0.717, 1.165) is 38.5 Å². The molecule has 0 spiro atoms. The Labute approximate surface area is 315 Å². The first-order valence-electron chi connectivity index (χ1n) is 21.2. The summed E-state index contributed by atoms with van der Waals surface area (Å²) >= 11 is 0. The quantitative estimate of drug-likeness (QED) is 0.0252. The number of nitrogens with zero attached hydrogens (tertiary/aromatic N) is 1. The Morgan fingerprint density at radius 3 is 1.55 bits per heavy atom. The van der Waals surface area contributed by atoms with Crippen LogP contribution >= 0.6 is 7.82 Å². The highest BCUT2D eigenvalue weighted by Crippen LogP contribution is 2.43. The van der Waals surface area contributed by atoms with Gasteiger partial charge in [0, 0.05) is 6.42 Å². The number of hydrogen-bond acceptors (Lipinski definition) is 5. The second kappa shape index (κ2) is 34.7. The molecule has 1 amide bonds. The van der Waals surface area contributed by atoms with Gasteiger partial charge in [-0.1, -0.05) is 167 Å². The van der Waals surface area contributed by atoms with E-state index < -0.39 is 20.0 Å². The maximum atomic E-state index is 12.7. The number of nitrogens with one attached hydrogen (secondary N) is 1. The van der Waals surface area contributed by atoms with Crippen LogP contribution in [0.2, 0.25) is 0 Å². The first-order valence-corrected chi connectivity index (χ1v) is 22.7. The first-order chi connectivity index (χ1) is 24.5. The lowest BCUT2D eigenvalue weighted by Gasteiger charge is -2.25. The lowest BCUT2D eigenvalue weighted by molar-refractivity contribution is -0.870. The fourth-order valence-corrected chi connectivity index (χ4v) is 6.70. The molecule has 3 atom stereocenters. The van der Waals surface area contributed by atoms with Gasteiger partial charge >= 0.3 is 7.82 Å². The summed E-state index contributed by atoms with van der Waals surface area (Å²) in [5, 5.41) is 13.5. The third-order valence-electron chi connectivity index (χ3n) is 9.42. The number of carbonyl (C=O) groups excluding carboxylic acids is 1. The van der Waals surface area contributed by atoms with Gasteiger partial charge < -0.3 is 19.8 Å². The molecule has 0 aromatic heterocycles. The van der Waals surface area contributed by atoms with Gasteiger partial charge in [0.05, 0.1) is 39.9 Å². The molecule has 51 heavy (non-hydrogen) atoms. The zero-order chi connectivity index (χ0) is 37.9. The molecule has 0 aromatic carbocycles. The van der Waals surface area contributed by atoms with E-state index in [2.05, 4.69) is 31.3 Å². The summed E-state index contributed by atoms with van der Waals surface area (Å²) in [5.74, 6) is -0.186. The molecule has 3 unspecified atom stereocenters. The summed E-state index contributed by atoms with van der Waals surface area (Å²) in [6.45, 7) is 4.66. The summed E-state index contributed by atoms with van der Waals surface area (Å²) in [4.78, 5) is 22.8. The fourth-order valence-electron chi connectivity index (χ4n) is 5.96. The van der Waals surface area contributed by atoms with Crippen LogP contribution in [-0.2, 0) is 18.4 Å². The number of carbonyl (C=O) groups is 1. The number of phosphoric acid groups is 1. The van der Waals surface area contributed by atoms with Crippen molar-refractivity contribution in [1.29, 1.82) is 0 Å². The molecule has 3 N–H and O–H groups in total. The van der Waals surface area contributed by atoms with E-state index in [4.69, 9.17) is 9.05 Å². The third kappa shape index (κ3) is 37.1. The minimum atomic E-state index is -4.31. The monoisotopic (exact) mass is 744 g/mol. The number of hydrogen-bond donors (Lipinski definition) is 3. The summed E-state index contributed by atoms with van der Waals surface area (Å²) in [6.07, 6.45) is 40.3. The highest BCUT2D eigenvalue weighted by molar-refractivity contribution is 7.47. The third-order valence-corrected chi connectivity index (χ3v) is 10.4. The average molecular weight is 744 g/mol. The van der Waals surface area contributed by atoms with Crippen molar-refractivity contribution in [1.82, 2.24) is 5.32 Å². The molecule has 0 saturated carbocycles. The van der Waals surface area contributed by atoms with E-state index in [0.29, 0.717) is 17.4 Å². The smallest absolute Gasteiger partial charge is 0.387 e. The molecule has 0 saturated heterocycles. The Balaban J connectivity index is 3.93. The van der Waals surface area contributed by atoms with Gasteiger partial charge in [0.1, 0.15) is 13.2 Å². The summed E-state index contributed by atoms with van der Waals surface area (Å²) in [6, 6.07) is -0.839. The molecule has 0 radical (unpaired) electrons. The van der Waals surface area contributed by atoms with Gasteiger partial charge in [-0.3, -0.25) is 13.8 Å². The molecule has 0 aliphatic carbocycles. The number of aliphatic hydroxyl groups is 1. The van der Waals surface area contributed by atoms with Crippen LogP contribution in [-0.4, -0.2) is 73.4 Å². The predicted molar refractivity (Wildman–Crippen MR) is 217 cm³/mol. The SMILES string of the molecule is CCCC/C=C/C(O)C(COP(=O)(O)OCC[N+](C)(C)C)NC(=O)CCCCCCCCCCCCCCC/C=C\CCCCCCCCCC. The lowest BCUT2D eigenvalue weighted by Crippen LogP contribution is -2.45. The van der Waals surface area contributed by atoms with Crippen LogP contribution in [0.25, 0.3) is 0 Å². The van der Waals surface area contributed by atoms with Crippen LogP contribution in [0.4, 0.5) is 0 Å². The van der Waals surface area contributed by atoms with Gasteiger partial charge in [-0.15, -0.1) is 0 Å². The fraction of sp³-hybridized carbons (Fsp3) is 0.881. The van der Waals surface area contributed by atoms with Gasteiger partial charge in [0.25, 0.3) is 0 Å². The number of rotatable bonds is 38. The van der Waals surface area contributed by atoms with Crippen LogP contribution in [0, 0.1) is 0 Å². The van der Waals surface area contributed by atoms with Gasteiger partial charge in [-0.25, -0.2) is 4.57 Å². The summed E-state index contributed by atoms with van der Waals surface area (Å²) < 4.78 is 23.3. The Bertz CT molecular complexity index is 891. The molecule has 302 valence electrons. The molecule has 0 aliphatic rings. The number of phosphoric ester groups is 1. The Morgan fingerprint density at radius 1 is 0.647 bits per heavy atom. The van der Waals surface area contributed by atoms with Crippen LogP contribution < -0.4 is 5.32 Å². The minimum absolute atomic E-state index is 0.0612. The average Bonchev–Trinajstić information content (AvgIpc) is 3.07. The Kier molecular flexibility index (Phi) is 34.0. The number of allylic oxidation sites excluding steroid dienone is 3. The van der Waals surface area contributed by atoms with E-state index >= 15 is 0 Å².